The number of amides is 4. The summed E-state index contributed by atoms with van der Waals surface area (Å²) in [4.78, 5) is 36.6. The molecule has 0 aromatic carbocycles. The summed E-state index contributed by atoms with van der Waals surface area (Å²) < 4.78 is 1.75. The Labute approximate surface area is 140 Å². The van der Waals surface area contributed by atoms with Gasteiger partial charge in [-0.3, -0.25) is 19.6 Å². The molecule has 1 unspecified atom stereocenters. The van der Waals surface area contributed by atoms with Gasteiger partial charge < -0.3 is 15.3 Å². The van der Waals surface area contributed by atoms with Gasteiger partial charge in [0.2, 0.25) is 5.91 Å². The van der Waals surface area contributed by atoms with Crippen molar-refractivity contribution in [3.8, 4) is 0 Å². The monoisotopic (exact) mass is 337 g/mol. The number of aliphatic hydroxyl groups excluding tert-OH is 1. The first-order valence-corrected chi connectivity index (χ1v) is 7.82. The molecule has 132 valence electrons. The van der Waals surface area contributed by atoms with Gasteiger partial charge in [-0.15, -0.1) is 0 Å². The van der Waals surface area contributed by atoms with Crippen molar-refractivity contribution in [2.45, 2.75) is 39.3 Å². The van der Waals surface area contributed by atoms with Crippen molar-refractivity contribution in [1.82, 2.24) is 25.3 Å². The Morgan fingerprint density at radius 3 is 2.58 bits per heavy atom. The molecule has 9 nitrogen and oxygen atoms in total. The topological polar surface area (TPSA) is 117 Å². The van der Waals surface area contributed by atoms with Gasteiger partial charge in [-0.1, -0.05) is 0 Å². The summed E-state index contributed by atoms with van der Waals surface area (Å²) in [6.45, 7) is 4.21. The molecule has 4 amide bonds. The van der Waals surface area contributed by atoms with Gasteiger partial charge in [0, 0.05) is 37.8 Å². The van der Waals surface area contributed by atoms with E-state index in [2.05, 4.69) is 15.7 Å². The zero-order chi connectivity index (χ0) is 17.9. The lowest BCUT2D eigenvalue weighted by Crippen LogP contribution is -2.36. The third-order valence-corrected chi connectivity index (χ3v) is 4.24. The Morgan fingerprint density at radius 2 is 2.08 bits per heavy atom. The number of nitrogens with zero attached hydrogens (tertiary/aromatic N) is 3. The number of urea groups is 1. The lowest BCUT2D eigenvalue weighted by molar-refractivity contribution is -0.132. The number of rotatable bonds is 7. The van der Waals surface area contributed by atoms with E-state index in [9.17, 15) is 19.5 Å². The molecule has 3 N–H and O–H groups in total. The minimum atomic E-state index is -0.681. The second-order valence-electron chi connectivity index (χ2n) is 5.87. The van der Waals surface area contributed by atoms with Crippen LogP contribution in [-0.2, 0) is 23.2 Å². The van der Waals surface area contributed by atoms with E-state index < -0.39 is 18.0 Å². The zero-order valence-corrected chi connectivity index (χ0v) is 14.1. The van der Waals surface area contributed by atoms with Gasteiger partial charge in [0.1, 0.15) is 6.04 Å². The largest absolute Gasteiger partial charge is 0.395 e. The lowest BCUT2D eigenvalue weighted by atomic mass is 10.1. The average Bonchev–Trinajstić information content (AvgIpc) is 2.96. The van der Waals surface area contributed by atoms with Crippen molar-refractivity contribution in [2.75, 3.05) is 13.2 Å². The molecule has 1 aromatic rings. The average molecular weight is 337 g/mol. The molecule has 1 saturated heterocycles. The van der Waals surface area contributed by atoms with Crippen molar-refractivity contribution in [2.24, 2.45) is 7.05 Å². The number of imide groups is 1. The number of hydrogen-bond acceptors (Lipinski definition) is 5. The predicted octanol–water partition coefficient (Wildman–Crippen LogP) is -0.654. The third kappa shape index (κ3) is 3.91. The number of carbonyl (C=O) groups excluding carboxylic acids is 3. The quantitative estimate of drug-likeness (QED) is 0.572. The molecule has 1 aliphatic rings. The highest BCUT2D eigenvalue weighted by Gasteiger charge is 2.30. The van der Waals surface area contributed by atoms with Crippen molar-refractivity contribution in [1.29, 1.82) is 0 Å². The summed E-state index contributed by atoms with van der Waals surface area (Å²) in [5.74, 6) is -0.596. The van der Waals surface area contributed by atoms with Gasteiger partial charge in [0.05, 0.1) is 12.3 Å². The van der Waals surface area contributed by atoms with Gasteiger partial charge in [-0.2, -0.15) is 5.10 Å². The van der Waals surface area contributed by atoms with Crippen LogP contribution in [0.15, 0.2) is 0 Å². The molecule has 1 aromatic heterocycles. The summed E-state index contributed by atoms with van der Waals surface area (Å²) in [7, 11) is 1.84. The van der Waals surface area contributed by atoms with Crippen molar-refractivity contribution >= 4 is 17.8 Å². The molecule has 1 atom stereocenters. The summed E-state index contributed by atoms with van der Waals surface area (Å²) in [5.41, 5.74) is 2.75. The number of aromatic nitrogens is 2. The van der Waals surface area contributed by atoms with Gasteiger partial charge in [0.15, 0.2) is 0 Å². The summed E-state index contributed by atoms with van der Waals surface area (Å²) in [5, 5.41) is 18.2. The molecule has 0 saturated carbocycles. The first-order valence-electron chi connectivity index (χ1n) is 7.82. The smallest absolute Gasteiger partial charge is 0.322 e. The molecule has 0 aliphatic carbocycles. The maximum atomic E-state index is 12.5. The minimum absolute atomic E-state index is 0.108. The number of nitrogens with one attached hydrogen (secondary N) is 2. The van der Waals surface area contributed by atoms with Crippen LogP contribution >= 0.6 is 0 Å². The van der Waals surface area contributed by atoms with E-state index in [-0.39, 0.29) is 31.9 Å². The molecule has 0 bridgehead atoms. The minimum Gasteiger partial charge on any atom is -0.395 e. The van der Waals surface area contributed by atoms with Crippen molar-refractivity contribution in [3.05, 3.63) is 17.0 Å². The normalized spacial score (nSPS) is 16.9. The maximum absolute atomic E-state index is 12.5. The Bertz CT molecular complexity index is 655. The van der Waals surface area contributed by atoms with Crippen LogP contribution in [0, 0.1) is 13.8 Å². The molecule has 2 heterocycles. The van der Waals surface area contributed by atoms with Crippen LogP contribution in [0.2, 0.25) is 0 Å². The molecule has 0 spiro atoms. The molecule has 1 fully saturated rings. The Balaban J connectivity index is 2.00. The van der Waals surface area contributed by atoms with E-state index in [1.54, 1.807) is 9.58 Å². The fourth-order valence-corrected chi connectivity index (χ4v) is 2.74. The van der Waals surface area contributed by atoms with Crippen molar-refractivity contribution < 1.29 is 19.5 Å². The van der Waals surface area contributed by atoms with E-state index >= 15 is 0 Å². The van der Waals surface area contributed by atoms with Crippen LogP contribution in [-0.4, -0.2) is 56.8 Å². The highest BCUT2D eigenvalue weighted by molar-refractivity contribution is 6.04. The Hall–Kier alpha value is -2.42. The van der Waals surface area contributed by atoms with Crippen LogP contribution in [0.25, 0.3) is 0 Å². The zero-order valence-electron chi connectivity index (χ0n) is 14.1. The van der Waals surface area contributed by atoms with Gasteiger partial charge >= 0.3 is 6.03 Å². The van der Waals surface area contributed by atoms with Crippen molar-refractivity contribution in [3.63, 3.8) is 0 Å². The van der Waals surface area contributed by atoms with Crippen LogP contribution in [0.3, 0.4) is 0 Å². The standard InChI is InChI=1S/C15H23N5O4/c1-9-11(10(2)19(3)18-9)8-20(6-7-21)13(22)5-4-12-14(23)17-15(24)16-12/h12,21H,4-8H2,1-3H3,(H2,16,17,23,24). The molecule has 1 aliphatic heterocycles. The molecule has 0 radical (unpaired) electrons. The number of aryl methyl sites for hydroxylation is 2. The van der Waals surface area contributed by atoms with E-state index in [1.807, 2.05) is 20.9 Å². The Morgan fingerprint density at radius 1 is 1.38 bits per heavy atom. The fourth-order valence-electron chi connectivity index (χ4n) is 2.74. The van der Waals surface area contributed by atoms with Gasteiger partial charge in [0.25, 0.3) is 5.91 Å². The van der Waals surface area contributed by atoms with Gasteiger partial charge in [-0.05, 0) is 20.3 Å². The predicted molar refractivity (Wildman–Crippen MR) is 84.9 cm³/mol. The summed E-state index contributed by atoms with van der Waals surface area (Å²) in [6.07, 6.45) is 0.333. The first-order chi connectivity index (χ1) is 11.3. The first kappa shape index (κ1) is 17.9. The van der Waals surface area contributed by atoms with Crippen LogP contribution in [0.5, 0.6) is 0 Å². The maximum Gasteiger partial charge on any atom is 0.322 e. The van der Waals surface area contributed by atoms with Gasteiger partial charge in [-0.25, -0.2) is 4.79 Å². The molecular weight excluding hydrogens is 314 g/mol. The summed E-state index contributed by atoms with van der Waals surface area (Å²) in [6, 6.07) is -1.22. The molecule has 24 heavy (non-hydrogen) atoms. The van der Waals surface area contributed by atoms with Crippen LogP contribution < -0.4 is 10.6 Å². The number of hydrogen-bond donors (Lipinski definition) is 3. The highest BCUT2D eigenvalue weighted by Crippen LogP contribution is 2.16. The van der Waals surface area contributed by atoms with E-state index in [0.717, 1.165) is 17.0 Å². The SMILES string of the molecule is Cc1nn(C)c(C)c1CN(CCO)C(=O)CCC1NC(=O)NC1=O. The highest BCUT2D eigenvalue weighted by atomic mass is 16.3. The molecule has 9 heteroatoms. The number of carbonyl (C=O) groups is 3. The molecular formula is C15H23N5O4. The summed E-state index contributed by atoms with van der Waals surface area (Å²) >= 11 is 0. The van der Waals surface area contributed by atoms with Crippen LogP contribution in [0.4, 0.5) is 4.79 Å². The third-order valence-electron chi connectivity index (χ3n) is 4.24. The van der Waals surface area contributed by atoms with E-state index in [4.69, 9.17) is 0 Å². The number of aliphatic hydroxyl groups is 1. The van der Waals surface area contributed by atoms with Crippen LogP contribution in [0.1, 0.15) is 29.8 Å². The second-order valence-corrected chi connectivity index (χ2v) is 5.87. The lowest BCUT2D eigenvalue weighted by Gasteiger charge is -2.22. The Kier molecular flexibility index (Phi) is 5.55. The van der Waals surface area contributed by atoms with E-state index in [0.29, 0.717) is 6.54 Å². The molecule has 2 rings (SSSR count). The fraction of sp³-hybridized carbons (Fsp3) is 0.600. The second kappa shape index (κ2) is 7.43. The van der Waals surface area contributed by atoms with E-state index in [1.165, 1.54) is 0 Å².